The van der Waals surface area contributed by atoms with Gasteiger partial charge in [-0.25, -0.2) is 4.79 Å². The summed E-state index contributed by atoms with van der Waals surface area (Å²) in [6, 6.07) is 9.60. The molecule has 1 amide bonds. The van der Waals surface area contributed by atoms with Gasteiger partial charge in [0.25, 0.3) is 0 Å². The SMILES string of the molecule is O=C1Oc2c(cnc3c2CCCC3)CN1c1ccccc1. The van der Waals surface area contributed by atoms with Gasteiger partial charge in [-0.05, 0) is 37.8 Å². The van der Waals surface area contributed by atoms with Gasteiger partial charge in [-0.15, -0.1) is 0 Å². The minimum atomic E-state index is -0.298. The molecule has 106 valence electrons. The van der Waals surface area contributed by atoms with E-state index in [1.807, 2.05) is 36.5 Å². The maximum atomic E-state index is 12.3. The normalized spacial score (nSPS) is 17.0. The molecule has 1 aromatic carbocycles. The number of rotatable bonds is 1. The predicted molar refractivity (Wildman–Crippen MR) is 79.5 cm³/mol. The van der Waals surface area contributed by atoms with Crippen molar-refractivity contribution in [1.82, 2.24) is 4.98 Å². The molecule has 2 heterocycles. The second-order valence-corrected chi connectivity index (χ2v) is 5.53. The summed E-state index contributed by atoms with van der Waals surface area (Å²) in [6.45, 7) is 0.526. The fourth-order valence-electron chi connectivity index (χ4n) is 3.11. The Labute approximate surface area is 123 Å². The van der Waals surface area contributed by atoms with Crippen LogP contribution < -0.4 is 9.64 Å². The summed E-state index contributed by atoms with van der Waals surface area (Å²) in [6.07, 6.45) is 5.83. The number of aryl methyl sites for hydroxylation is 1. The van der Waals surface area contributed by atoms with Crippen molar-refractivity contribution in [3.8, 4) is 5.75 Å². The number of carbonyl (C=O) groups is 1. The van der Waals surface area contributed by atoms with Crippen molar-refractivity contribution in [3.63, 3.8) is 0 Å². The van der Waals surface area contributed by atoms with Gasteiger partial charge in [-0.3, -0.25) is 9.88 Å². The number of amides is 1. The molecule has 1 aliphatic carbocycles. The quantitative estimate of drug-likeness (QED) is 0.803. The number of anilines is 1. The maximum absolute atomic E-state index is 12.3. The van der Waals surface area contributed by atoms with Crippen LogP contribution in [0.15, 0.2) is 36.5 Å². The molecule has 2 aliphatic rings. The van der Waals surface area contributed by atoms with Crippen molar-refractivity contribution in [3.05, 3.63) is 53.3 Å². The summed E-state index contributed by atoms with van der Waals surface area (Å²) >= 11 is 0. The fraction of sp³-hybridized carbons (Fsp3) is 0.294. The number of hydrogen-bond acceptors (Lipinski definition) is 3. The van der Waals surface area contributed by atoms with Crippen molar-refractivity contribution in [2.75, 3.05) is 4.90 Å². The van der Waals surface area contributed by atoms with Crippen LogP contribution in [0.4, 0.5) is 10.5 Å². The molecule has 0 fully saturated rings. The highest BCUT2D eigenvalue weighted by Gasteiger charge is 2.30. The van der Waals surface area contributed by atoms with Crippen LogP contribution in [0.3, 0.4) is 0 Å². The van der Waals surface area contributed by atoms with Crippen molar-refractivity contribution in [1.29, 1.82) is 0 Å². The number of aromatic nitrogens is 1. The Balaban J connectivity index is 1.74. The van der Waals surface area contributed by atoms with Crippen LogP contribution in [-0.2, 0) is 19.4 Å². The standard InChI is InChI=1S/C17H16N2O2/c20-17-19(13-6-2-1-3-7-13)11-12-10-18-15-9-5-4-8-14(15)16(12)21-17/h1-3,6-7,10H,4-5,8-9,11H2. The molecular weight excluding hydrogens is 264 g/mol. The van der Waals surface area contributed by atoms with Crippen LogP contribution in [-0.4, -0.2) is 11.1 Å². The summed E-state index contributed by atoms with van der Waals surface area (Å²) < 4.78 is 5.64. The summed E-state index contributed by atoms with van der Waals surface area (Å²) in [7, 11) is 0. The molecule has 0 radical (unpaired) electrons. The average Bonchev–Trinajstić information content (AvgIpc) is 2.55. The van der Waals surface area contributed by atoms with E-state index in [2.05, 4.69) is 4.98 Å². The first-order valence-corrected chi connectivity index (χ1v) is 7.37. The Morgan fingerprint density at radius 3 is 2.76 bits per heavy atom. The molecule has 1 aromatic heterocycles. The molecule has 0 N–H and O–H groups in total. The molecule has 4 nitrogen and oxygen atoms in total. The van der Waals surface area contributed by atoms with E-state index in [4.69, 9.17) is 4.74 Å². The minimum absolute atomic E-state index is 0.298. The highest BCUT2D eigenvalue weighted by molar-refractivity contribution is 5.91. The van der Waals surface area contributed by atoms with Gasteiger partial charge in [0.15, 0.2) is 0 Å². The molecule has 0 atom stereocenters. The van der Waals surface area contributed by atoms with Crippen LogP contribution in [0.2, 0.25) is 0 Å². The largest absolute Gasteiger partial charge is 0.420 e. The van der Waals surface area contributed by atoms with Gasteiger partial charge < -0.3 is 4.74 Å². The number of ether oxygens (including phenoxy) is 1. The van der Waals surface area contributed by atoms with E-state index in [9.17, 15) is 4.79 Å². The minimum Gasteiger partial charge on any atom is -0.409 e. The highest BCUT2D eigenvalue weighted by atomic mass is 16.6. The van der Waals surface area contributed by atoms with Gasteiger partial charge in [-0.1, -0.05) is 18.2 Å². The van der Waals surface area contributed by atoms with Crippen LogP contribution >= 0.6 is 0 Å². The zero-order valence-electron chi connectivity index (χ0n) is 11.7. The monoisotopic (exact) mass is 280 g/mol. The van der Waals surface area contributed by atoms with Crippen LogP contribution in [0.5, 0.6) is 5.75 Å². The lowest BCUT2D eigenvalue weighted by Gasteiger charge is -2.30. The molecule has 4 heteroatoms. The van der Waals surface area contributed by atoms with E-state index in [0.29, 0.717) is 6.54 Å². The maximum Gasteiger partial charge on any atom is 0.420 e. The third kappa shape index (κ3) is 2.07. The van der Waals surface area contributed by atoms with Gasteiger partial charge in [0.05, 0.1) is 6.54 Å². The van der Waals surface area contributed by atoms with Gasteiger partial charge in [0, 0.05) is 28.7 Å². The number of nitrogens with zero attached hydrogens (tertiary/aromatic N) is 2. The van der Waals surface area contributed by atoms with E-state index >= 15 is 0 Å². The van der Waals surface area contributed by atoms with Gasteiger partial charge in [-0.2, -0.15) is 0 Å². The van der Waals surface area contributed by atoms with E-state index in [0.717, 1.165) is 47.5 Å². The zero-order chi connectivity index (χ0) is 14.2. The smallest absolute Gasteiger partial charge is 0.409 e. The summed E-state index contributed by atoms with van der Waals surface area (Å²) in [5, 5.41) is 0. The van der Waals surface area contributed by atoms with Gasteiger partial charge >= 0.3 is 6.09 Å². The van der Waals surface area contributed by atoms with E-state index in [-0.39, 0.29) is 6.09 Å². The molecule has 1 aliphatic heterocycles. The molecular formula is C17H16N2O2. The van der Waals surface area contributed by atoms with Crippen molar-refractivity contribution >= 4 is 11.8 Å². The van der Waals surface area contributed by atoms with Gasteiger partial charge in [0.1, 0.15) is 5.75 Å². The second-order valence-electron chi connectivity index (χ2n) is 5.53. The van der Waals surface area contributed by atoms with Crippen molar-refractivity contribution < 1.29 is 9.53 Å². The summed E-state index contributed by atoms with van der Waals surface area (Å²) in [5.74, 6) is 0.761. The fourth-order valence-corrected chi connectivity index (χ4v) is 3.11. The first-order chi connectivity index (χ1) is 10.3. The lowest BCUT2D eigenvalue weighted by atomic mass is 9.93. The highest BCUT2D eigenvalue weighted by Crippen LogP contribution is 2.36. The lowest BCUT2D eigenvalue weighted by Crippen LogP contribution is -2.37. The van der Waals surface area contributed by atoms with Crippen LogP contribution in [0.1, 0.15) is 29.7 Å². The molecule has 4 rings (SSSR count). The second kappa shape index (κ2) is 4.88. The van der Waals surface area contributed by atoms with Crippen LogP contribution in [0, 0.1) is 0 Å². The van der Waals surface area contributed by atoms with Crippen molar-refractivity contribution in [2.45, 2.75) is 32.2 Å². The number of para-hydroxylation sites is 1. The third-order valence-electron chi connectivity index (χ3n) is 4.19. The molecule has 0 unspecified atom stereocenters. The predicted octanol–water partition coefficient (Wildman–Crippen LogP) is 3.48. The van der Waals surface area contributed by atoms with Crippen LogP contribution in [0.25, 0.3) is 0 Å². The van der Waals surface area contributed by atoms with E-state index in [1.165, 1.54) is 6.42 Å². The molecule has 2 aromatic rings. The molecule has 0 saturated heterocycles. The van der Waals surface area contributed by atoms with E-state index < -0.39 is 0 Å². The molecule has 0 bridgehead atoms. The first kappa shape index (κ1) is 12.4. The number of benzene rings is 1. The Morgan fingerprint density at radius 1 is 1.10 bits per heavy atom. The Bertz CT molecular complexity index is 697. The summed E-state index contributed by atoms with van der Waals surface area (Å²) in [4.78, 5) is 18.5. The Kier molecular flexibility index (Phi) is 2.88. The Morgan fingerprint density at radius 2 is 1.90 bits per heavy atom. The lowest BCUT2D eigenvalue weighted by molar-refractivity contribution is 0.202. The average molecular weight is 280 g/mol. The first-order valence-electron chi connectivity index (χ1n) is 7.37. The topological polar surface area (TPSA) is 42.4 Å². The number of hydrogen-bond donors (Lipinski definition) is 0. The third-order valence-corrected chi connectivity index (χ3v) is 4.19. The number of pyridine rings is 1. The summed E-state index contributed by atoms with van der Waals surface area (Å²) in [5.41, 5.74) is 4.09. The zero-order valence-corrected chi connectivity index (χ0v) is 11.7. The van der Waals surface area contributed by atoms with E-state index in [1.54, 1.807) is 4.90 Å². The molecule has 0 saturated carbocycles. The number of carbonyl (C=O) groups excluding carboxylic acids is 1. The van der Waals surface area contributed by atoms with Crippen molar-refractivity contribution in [2.24, 2.45) is 0 Å². The van der Waals surface area contributed by atoms with Gasteiger partial charge in [0.2, 0.25) is 0 Å². The molecule has 0 spiro atoms. The number of fused-ring (bicyclic) bond motifs is 3. The Hall–Kier alpha value is -2.36. The molecule has 21 heavy (non-hydrogen) atoms.